The van der Waals surface area contributed by atoms with E-state index >= 15 is 0 Å². The molecule has 42 heavy (non-hydrogen) atoms. The Balaban J connectivity index is 0.000000283. The van der Waals surface area contributed by atoms with Crippen molar-refractivity contribution in [2.24, 2.45) is 5.73 Å². The number of pyridine rings is 1. The van der Waals surface area contributed by atoms with Crippen LogP contribution in [0.4, 0.5) is 21.0 Å². The Morgan fingerprint density at radius 3 is 2.40 bits per heavy atom. The van der Waals surface area contributed by atoms with E-state index in [0.717, 1.165) is 49.3 Å². The zero-order valence-corrected chi connectivity index (χ0v) is 23.5. The van der Waals surface area contributed by atoms with Crippen molar-refractivity contribution in [3.8, 4) is 0 Å². The summed E-state index contributed by atoms with van der Waals surface area (Å²) in [5, 5.41) is 12.1. The molecule has 2 aliphatic heterocycles. The second-order valence-corrected chi connectivity index (χ2v) is 9.96. The number of piperidine rings is 1. The van der Waals surface area contributed by atoms with Crippen LogP contribution < -0.4 is 16.0 Å². The minimum absolute atomic E-state index is 0.181. The largest absolute Gasteiger partial charge is 0.465 e. The van der Waals surface area contributed by atoms with Crippen molar-refractivity contribution in [3.63, 3.8) is 0 Å². The van der Waals surface area contributed by atoms with Gasteiger partial charge in [-0.15, -0.1) is 0 Å². The number of allylic oxidation sites excluding steroid dienone is 1. The number of anilines is 2. The number of hydrogen-bond donors (Lipinski definition) is 3. The molecule has 0 aliphatic carbocycles. The van der Waals surface area contributed by atoms with Crippen molar-refractivity contribution in [2.75, 3.05) is 62.8 Å². The standard InChI is InChI=1S/C23H21N3O4.C8H16N2O2/c27-22(16-5-7-17(8-6-16)25-23(28)29)10-9-18-15-21(26-11-13-30-14-12-26)19-3-1-2-4-20(19)24-18;9-8(11)12-7-6-10-4-2-1-3-5-10/h1-10,15,25H,11-14H2,(H,28,29);1-7H2,(H2,9,11). The molecule has 0 radical (unpaired) electrons. The fraction of sp³-hybridized carbons (Fsp3) is 0.355. The van der Waals surface area contributed by atoms with Gasteiger partial charge in [-0.25, -0.2) is 14.6 Å². The zero-order valence-electron chi connectivity index (χ0n) is 23.5. The minimum atomic E-state index is -1.15. The molecule has 5 rings (SSSR count). The van der Waals surface area contributed by atoms with E-state index in [0.29, 0.717) is 36.8 Å². The van der Waals surface area contributed by atoms with E-state index in [4.69, 9.17) is 15.6 Å². The number of para-hydroxylation sites is 1. The van der Waals surface area contributed by atoms with Gasteiger partial charge in [-0.2, -0.15) is 0 Å². The molecule has 2 aromatic carbocycles. The molecule has 11 heteroatoms. The van der Waals surface area contributed by atoms with Crippen LogP contribution >= 0.6 is 0 Å². The van der Waals surface area contributed by atoms with E-state index in [1.165, 1.54) is 25.3 Å². The number of nitrogens with zero attached hydrogens (tertiary/aromatic N) is 3. The molecule has 3 aromatic rings. The smallest absolute Gasteiger partial charge is 0.409 e. The average molecular weight is 576 g/mol. The third-order valence-corrected chi connectivity index (χ3v) is 6.99. The molecule has 0 saturated carbocycles. The van der Waals surface area contributed by atoms with Gasteiger partial charge in [-0.3, -0.25) is 15.0 Å². The third-order valence-electron chi connectivity index (χ3n) is 6.99. The molecule has 2 aliphatic rings. The first-order valence-electron chi connectivity index (χ1n) is 14.1. The molecule has 1 aromatic heterocycles. The number of likely N-dealkylation sites (tertiary alicyclic amines) is 1. The van der Waals surface area contributed by atoms with Gasteiger partial charge in [0.2, 0.25) is 0 Å². The fourth-order valence-electron chi connectivity index (χ4n) is 4.89. The number of carboxylic acid groups (broad SMARTS) is 1. The van der Waals surface area contributed by atoms with E-state index in [1.54, 1.807) is 30.3 Å². The van der Waals surface area contributed by atoms with Gasteiger partial charge in [-0.1, -0.05) is 24.6 Å². The minimum Gasteiger partial charge on any atom is -0.465 e. The van der Waals surface area contributed by atoms with Crippen molar-refractivity contribution in [1.82, 2.24) is 9.88 Å². The van der Waals surface area contributed by atoms with Crippen LogP contribution in [0.3, 0.4) is 0 Å². The normalized spacial score (nSPS) is 15.6. The quantitative estimate of drug-likeness (QED) is 0.258. The number of hydrogen-bond acceptors (Lipinski definition) is 8. The highest BCUT2D eigenvalue weighted by Crippen LogP contribution is 2.28. The van der Waals surface area contributed by atoms with Gasteiger partial charge in [-0.05, 0) is 74.5 Å². The summed E-state index contributed by atoms with van der Waals surface area (Å²) < 4.78 is 10.1. The molecule has 2 fully saturated rings. The molecular weight excluding hydrogens is 538 g/mol. The first-order valence-corrected chi connectivity index (χ1v) is 14.1. The van der Waals surface area contributed by atoms with E-state index in [1.807, 2.05) is 24.3 Å². The molecule has 3 heterocycles. The molecule has 2 amide bonds. The summed E-state index contributed by atoms with van der Waals surface area (Å²) in [6, 6.07) is 16.2. The monoisotopic (exact) mass is 575 g/mol. The summed E-state index contributed by atoms with van der Waals surface area (Å²) in [6.07, 6.45) is 5.22. The summed E-state index contributed by atoms with van der Waals surface area (Å²) in [4.78, 5) is 42.7. The van der Waals surface area contributed by atoms with Crippen LogP contribution in [0.5, 0.6) is 0 Å². The number of carbonyl (C=O) groups is 3. The number of primary amides is 1. The molecule has 4 N–H and O–H groups in total. The van der Waals surface area contributed by atoms with E-state index in [2.05, 4.69) is 30.9 Å². The van der Waals surface area contributed by atoms with Crippen molar-refractivity contribution in [1.29, 1.82) is 0 Å². The number of nitrogens with two attached hydrogens (primary N) is 1. The Morgan fingerprint density at radius 1 is 1.00 bits per heavy atom. The van der Waals surface area contributed by atoms with Gasteiger partial charge in [0, 0.05) is 42.0 Å². The van der Waals surface area contributed by atoms with Crippen molar-refractivity contribution >= 4 is 46.3 Å². The lowest BCUT2D eigenvalue weighted by Crippen LogP contribution is -2.36. The van der Waals surface area contributed by atoms with Gasteiger partial charge in [0.05, 0.1) is 24.4 Å². The third kappa shape index (κ3) is 9.28. The van der Waals surface area contributed by atoms with Crippen LogP contribution in [0.15, 0.2) is 60.7 Å². The van der Waals surface area contributed by atoms with Gasteiger partial charge in [0.25, 0.3) is 0 Å². The van der Waals surface area contributed by atoms with Gasteiger partial charge in [0.1, 0.15) is 6.61 Å². The lowest BCUT2D eigenvalue weighted by molar-refractivity contribution is 0.104. The van der Waals surface area contributed by atoms with Crippen LogP contribution in [0.2, 0.25) is 0 Å². The van der Waals surface area contributed by atoms with Crippen LogP contribution in [0.1, 0.15) is 35.3 Å². The van der Waals surface area contributed by atoms with E-state index < -0.39 is 12.2 Å². The summed E-state index contributed by atoms with van der Waals surface area (Å²) in [6.45, 7) is 6.50. The number of aromatic nitrogens is 1. The molecule has 2 saturated heterocycles. The Morgan fingerprint density at radius 2 is 1.71 bits per heavy atom. The Bertz CT molecular complexity index is 1380. The lowest BCUT2D eigenvalue weighted by atomic mass is 10.1. The van der Waals surface area contributed by atoms with E-state index in [-0.39, 0.29) is 5.78 Å². The maximum atomic E-state index is 12.5. The molecule has 11 nitrogen and oxygen atoms in total. The lowest BCUT2D eigenvalue weighted by Gasteiger charge is -2.30. The highest BCUT2D eigenvalue weighted by molar-refractivity contribution is 6.07. The number of rotatable bonds is 8. The zero-order chi connectivity index (χ0) is 29.7. The number of fused-ring (bicyclic) bond motifs is 1. The van der Waals surface area contributed by atoms with E-state index in [9.17, 15) is 14.4 Å². The number of morpholine rings is 1. The molecule has 0 unspecified atom stereocenters. The van der Waals surface area contributed by atoms with Crippen LogP contribution in [0, 0.1) is 0 Å². The van der Waals surface area contributed by atoms with Crippen molar-refractivity contribution in [3.05, 3.63) is 71.9 Å². The number of ether oxygens (including phenoxy) is 2. The SMILES string of the molecule is NC(=O)OCCN1CCCCC1.O=C(O)Nc1ccc(C(=O)C=Cc2cc(N3CCOCC3)c3ccccc3n2)cc1. The topological polar surface area (TPSA) is 147 Å². The van der Waals surface area contributed by atoms with Crippen LogP contribution in [-0.2, 0) is 9.47 Å². The summed E-state index contributed by atoms with van der Waals surface area (Å²) >= 11 is 0. The Labute approximate surface area is 244 Å². The summed E-state index contributed by atoms with van der Waals surface area (Å²) in [5.41, 5.74) is 8.37. The van der Waals surface area contributed by atoms with Gasteiger partial charge in [0.15, 0.2) is 5.78 Å². The number of carbonyl (C=O) groups excluding carboxylic acids is 2. The maximum Gasteiger partial charge on any atom is 0.409 e. The molecular formula is C31H37N5O6. The molecule has 0 atom stereocenters. The van der Waals surface area contributed by atoms with Crippen molar-refractivity contribution in [2.45, 2.75) is 19.3 Å². The number of nitrogens with one attached hydrogen (secondary N) is 1. The average Bonchev–Trinajstić information content (AvgIpc) is 3.00. The fourth-order valence-corrected chi connectivity index (χ4v) is 4.89. The number of ketones is 1. The highest BCUT2D eigenvalue weighted by Gasteiger charge is 2.15. The second-order valence-electron chi connectivity index (χ2n) is 9.96. The Hall–Kier alpha value is -4.48. The summed E-state index contributed by atoms with van der Waals surface area (Å²) in [5.74, 6) is -0.181. The number of amides is 2. The predicted molar refractivity (Wildman–Crippen MR) is 162 cm³/mol. The predicted octanol–water partition coefficient (Wildman–Crippen LogP) is 4.63. The first-order chi connectivity index (χ1) is 20.4. The number of benzene rings is 2. The van der Waals surface area contributed by atoms with Gasteiger partial charge >= 0.3 is 12.2 Å². The first kappa shape index (κ1) is 30.5. The second kappa shape index (κ2) is 15.5. The molecule has 0 bridgehead atoms. The molecule has 0 spiro atoms. The Kier molecular flexibility index (Phi) is 11.2. The van der Waals surface area contributed by atoms with Crippen LogP contribution in [-0.4, -0.2) is 85.5 Å². The van der Waals surface area contributed by atoms with Crippen molar-refractivity contribution < 1.29 is 29.0 Å². The summed E-state index contributed by atoms with van der Waals surface area (Å²) in [7, 11) is 0. The van der Waals surface area contributed by atoms with Gasteiger partial charge < -0.3 is 25.2 Å². The van der Waals surface area contributed by atoms with Crippen LogP contribution in [0.25, 0.3) is 17.0 Å². The maximum absolute atomic E-state index is 12.5. The highest BCUT2D eigenvalue weighted by atomic mass is 16.5. The molecule has 222 valence electrons.